The maximum atomic E-state index is 12.9. The zero-order valence-corrected chi connectivity index (χ0v) is 15.7. The lowest BCUT2D eigenvalue weighted by atomic mass is 10.0. The molecule has 0 aliphatic rings. The quantitative estimate of drug-likeness (QED) is 0.418. The highest BCUT2D eigenvalue weighted by Gasteiger charge is 2.18. The van der Waals surface area contributed by atoms with E-state index < -0.39 is 0 Å². The lowest BCUT2D eigenvalue weighted by molar-refractivity contribution is 0.103. The number of carbonyl (C=O) groups excluding carboxylic acids is 1. The van der Waals surface area contributed by atoms with Crippen molar-refractivity contribution < 1.29 is 4.79 Å². The first-order valence-electron chi connectivity index (χ1n) is 8.28. The summed E-state index contributed by atoms with van der Waals surface area (Å²) in [5, 5.41) is 4.46. The third-order valence-corrected chi connectivity index (χ3v) is 5.91. The molecule has 0 aliphatic carbocycles. The molecule has 0 aliphatic heterocycles. The third kappa shape index (κ3) is 3.12. The van der Waals surface area contributed by atoms with Gasteiger partial charge >= 0.3 is 0 Å². The summed E-state index contributed by atoms with van der Waals surface area (Å²) in [5.41, 5.74) is 3.96. The van der Waals surface area contributed by atoms with Gasteiger partial charge in [0.05, 0.1) is 5.02 Å². The Morgan fingerprint density at radius 2 is 1.69 bits per heavy atom. The largest absolute Gasteiger partial charge is 0.321 e. The number of benzene rings is 3. The minimum absolute atomic E-state index is 0.183. The first-order valence-corrected chi connectivity index (χ1v) is 9.47. The van der Waals surface area contributed by atoms with Gasteiger partial charge in [-0.2, -0.15) is 0 Å². The summed E-state index contributed by atoms with van der Waals surface area (Å²) in [6.45, 7) is 2.03. The van der Waals surface area contributed by atoms with Crippen molar-refractivity contribution in [1.29, 1.82) is 0 Å². The lowest BCUT2D eigenvalue weighted by Gasteiger charge is -2.11. The molecule has 2 nitrogen and oxygen atoms in total. The van der Waals surface area contributed by atoms with Gasteiger partial charge in [-0.05, 0) is 30.2 Å². The van der Waals surface area contributed by atoms with Crippen molar-refractivity contribution in [3.63, 3.8) is 0 Å². The van der Waals surface area contributed by atoms with E-state index in [-0.39, 0.29) is 5.91 Å². The van der Waals surface area contributed by atoms with Crippen LogP contribution in [0.25, 0.3) is 21.2 Å². The number of thiophene rings is 1. The summed E-state index contributed by atoms with van der Waals surface area (Å²) in [6, 6.07) is 23.8. The molecule has 0 atom stereocenters. The number of rotatable bonds is 3. The predicted octanol–water partition coefficient (Wildman–Crippen LogP) is 6.78. The molecule has 1 heterocycles. The van der Waals surface area contributed by atoms with Crippen molar-refractivity contribution in [3.05, 3.63) is 88.3 Å². The van der Waals surface area contributed by atoms with E-state index >= 15 is 0 Å². The molecule has 0 radical (unpaired) electrons. The van der Waals surface area contributed by atoms with E-state index in [9.17, 15) is 4.79 Å². The zero-order chi connectivity index (χ0) is 18.1. The summed E-state index contributed by atoms with van der Waals surface area (Å²) in [7, 11) is 0. The van der Waals surface area contributed by atoms with Gasteiger partial charge in [0.15, 0.2) is 0 Å². The summed E-state index contributed by atoms with van der Waals surface area (Å²) in [6.07, 6.45) is 0. The Morgan fingerprint density at radius 1 is 0.962 bits per heavy atom. The van der Waals surface area contributed by atoms with E-state index in [2.05, 4.69) is 11.4 Å². The van der Waals surface area contributed by atoms with E-state index in [1.807, 2.05) is 73.7 Å². The van der Waals surface area contributed by atoms with E-state index in [1.165, 1.54) is 11.3 Å². The molecule has 0 spiro atoms. The summed E-state index contributed by atoms with van der Waals surface area (Å²) in [4.78, 5) is 13.4. The number of para-hydroxylation sites is 1. The molecule has 1 aromatic heterocycles. The van der Waals surface area contributed by atoms with E-state index in [4.69, 9.17) is 11.6 Å². The molecule has 0 unspecified atom stereocenters. The minimum Gasteiger partial charge on any atom is -0.321 e. The van der Waals surface area contributed by atoms with Crippen LogP contribution in [0, 0.1) is 6.92 Å². The Bertz CT molecular complexity index is 1100. The standard InChI is InChI=1S/C22H16ClNOS/c1-14-11-12-17-19(13-14)26-21(20(17)23)22(25)24-18-10-6-5-9-16(18)15-7-3-2-4-8-15/h2-13H,1H3,(H,24,25). The highest BCUT2D eigenvalue weighted by molar-refractivity contribution is 7.21. The predicted molar refractivity (Wildman–Crippen MR) is 111 cm³/mol. The van der Waals surface area contributed by atoms with Gasteiger partial charge in [-0.3, -0.25) is 4.79 Å². The molecule has 1 amide bonds. The maximum Gasteiger partial charge on any atom is 0.267 e. The molecule has 26 heavy (non-hydrogen) atoms. The highest BCUT2D eigenvalue weighted by Crippen LogP contribution is 2.37. The molecule has 0 fully saturated rings. The van der Waals surface area contributed by atoms with Gasteiger partial charge in [-0.25, -0.2) is 0 Å². The van der Waals surface area contributed by atoms with Crippen LogP contribution in [0.2, 0.25) is 5.02 Å². The number of hydrogen-bond donors (Lipinski definition) is 1. The van der Waals surface area contributed by atoms with Crippen molar-refractivity contribution >= 4 is 44.6 Å². The normalized spacial score (nSPS) is 10.8. The molecule has 128 valence electrons. The van der Waals surface area contributed by atoms with Gasteiger partial charge in [-0.15, -0.1) is 11.3 Å². The molecule has 3 aromatic carbocycles. The number of fused-ring (bicyclic) bond motifs is 1. The van der Waals surface area contributed by atoms with Gasteiger partial charge in [-0.1, -0.05) is 72.3 Å². The number of halogens is 1. The third-order valence-electron chi connectivity index (χ3n) is 4.25. The molecule has 0 bridgehead atoms. The number of anilines is 1. The van der Waals surface area contributed by atoms with Crippen LogP contribution in [-0.4, -0.2) is 5.91 Å². The van der Waals surface area contributed by atoms with Crippen molar-refractivity contribution in [1.82, 2.24) is 0 Å². The molecular weight excluding hydrogens is 362 g/mol. The van der Waals surface area contributed by atoms with Crippen LogP contribution < -0.4 is 5.32 Å². The van der Waals surface area contributed by atoms with Crippen molar-refractivity contribution in [2.45, 2.75) is 6.92 Å². The van der Waals surface area contributed by atoms with Gasteiger partial charge in [0.25, 0.3) is 5.91 Å². The van der Waals surface area contributed by atoms with E-state index in [0.717, 1.165) is 32.5 Å². The van der Waals surface area contributed by atoms with Crippen LogP contribution in [0.3, 0.4) is 0 Å². The SMILES string of the molecule is Cc1ccc2c(Cl)c(C(=O)Nc3ccccc3-c3ccccc3)sc2c1. The average Bonchev–Trinajstić information content (AvgIpc) is 2.99. The van der Waals surface area contributed by atoms with Crippen LogP contribution in [-0.2, 0) is 0 Å². The fourth-order valence-corrected chi connectivity index (χ4v) is 4.47. The molecule has 4 rings (SSSR count). The first-order chi connectivity index (χ1) is 12.6. The second-order valence-corrected chi connectivity index (χ2v) is 7.54. The highest BCUT2D eigenvalue weighted by atomic mass is 35.5. The average molecular weight is 378 g/mol. The Kier molecular flexibility index (Phi) is 4.49. The van der Waals surface area contributed by atoms with Crippen LogP contribution in [0.15, 0.2) is 72.8 Å². The fourth-order valence-electron chi connectivity index (χ4n) is 2.96. The van der Waals surface area contributed by atoms with Crippen molar-refractivity contribution in [2.24, 2.45) is 0 Å². The summed E-state index contributed by atoms with van der Waals surface area (Å²) < 4.78 is 1.02. The Morgan fingerprint density at radius 3 is 2.50 bits per heavy atom. The Labute approximate surface area is 161 Å². The van der Waals surface area contributed by atoms with E-state index in [0.29, 0.717) is 9.90 Å². The molecule has 0 saturated carbocycles. The molecule has 4 heteroatoms. The van der Waals surface area contributed by atoms with Gasteiger partial charge in [0.2, 0.25) is 0 Å². The summed E-state index contributed by atoms with van der Waals surface area (Å²) >= 11 is 7.90. The number of hydrogen-bond acceptors (Lipinski definition) is 2. The van der Waals surface area contributed by atoms with Crippen LogP contribution in [0.1, 0.15) is 15.2 Å². The zero-order valence-electron chi connectivity index (χ0n) is 14.1. The summed E-state index contributed by atoms with van der Waals surface area (Å²) in [5.74, 6) is -0.183. The maximum absolute atomic E-state index is 12.9. The monoisotopic (exact) mass is 377 g/mol. The van der Waals surface area contributed by atoms with Crippen LogP contribution >= 0.6 is 22.9 Å². The Hall–Kier alpha value is -2.62. The number of carbonyl (C=O) groups is 1. The lowest BCUT2D eigenvalue weighted by Crippen LogP contribution is -2.11. The Balaban J connectivity index is 1.71. The molecular formula is C22H16ClNOS. The molecule has 4 aromatic rings. The van der Waals surface area contributed by atoms with Crippen molar-refractivity contribution in [2.75, 3.05) is 5.32 Å². The fraction of sp³-hybridized carbons (Fsp3) is 0.0455. The number of aryl methyl sites for hydroxylation is 1. The topological polar surface area (TPSA) is 29.1 Å². The second-order valence-electron chi connectivity index (χ2n) is 6.11. The van der Waals surface area contributed by atoms with Crippen LogP contribution in [0.4, 0.5) is 5.69 Å². The first kappa shape index (κ1) is 16.8. The second kappa shape index (κ2) is 6.94. The smallest absolute Gasteiger partial charge is 0.267 e. The number of nitrogens with one attached hydrogen (secondary N) is 1. The van der Waals surface area contributed by atoms with Gasteiger partial charge in [0, 0.05) is 21.3 Å². The minimum atomic E-state index is -0.183. The van der Waals surface area contributed by atoms with Gasteiger partial charge in [0.1, 0.15) is 4.88 Å². The van der Waals surface area contributed by atoms with Gasteiger partial charge < -0.3 is 5.32 Å². The van der Waals surface area contributed by atoms with E-state index in [1.54, 1.807) is 0 Å². The molecule has 1 N–H and O–H groups in total. The van der Waals surface area contributed by atoms with Crippen LogP contribution in [0.5, 0.6) is 0 Å². The number of amides is 1. The molecule has 0 saturated heterocycles. The van der Waals surface area contributed by atoms with Crippen molar-refractivity contribution in [3.8, 4) is 11.1 Å².